The molecule has 0 saturated carbocycles. The van der Waals surface area contributed by atoms with Crippen LogP contribution in [0.4, 0.5) is 0 Å². The fourth-order valence-electron chi connectivity index (χ4n) is 1.02. The van der Waals surface area contributed by atoms with E-state index in [1.54, 1.807) is 36.0 Å². The predicted octanol–water partition coefficient (Wildman–Crippen LogP) is 1.17. The highest BCUT2D eigenvalue weighted by Gasteiger charge is 2.12. The molecule has 0 amide bonds. The third kappa shape index (κ3) is 2.73. The summed E-state index contributed by atoms with van der Waals surface area (Å²) in [7, 11) is -3.29. The van der Waals surface area contributed by atoms with Gasteiger partial charge in [0.1, 0.15) is 0 Å². The molecular formula is C9H12O3S2. The van der Waals surface area contributed by atoms with Gasteiger partial charge in [0.15, 0.2) is 9.84 Å². The van der Waals surface area contributed by atoms with Crippen LogP contribution < -0.4 is 0 Å². The van der Waals surface area contributed by atoms with E-state index in [4.69, 9.17) is 5.11 Å². The van der Waals surface area contributed by atoms with Crippen molar-refractivity contribution in [3.8, 4) is 0 Å². The molecule has 0 aliphatic rings. The molecule has 1 aromatic carbocycles. The number of sulfone groups is 1. The molecule has 5 heteroatoms. The Morgan fingerprint density at radius 1 is 1.29 bits per heavy atom. The Bertz CT molecular complexity index is 381. The van der Waals surface area contributed by atoms with Crippen LogP contribution in [0.15, 0.2) is 34.1 Å². The van der Waals surface area contributed by atoms with Gasteiger partial charge in [-0.2, -0.15) is 0 Å². The van der Waals surface area contributed by atoms with Gasteiger partial charge in [-0.1, -0.05) is 0 Å². The van der Waals surface area contributed by atoms with Gasteiger partial charge in [0.2, 0.25) is 0 Å². The smallest absolute Gasteiger partial charge is 0.180 e. The van der Waals surface area contributed by atoms with Crippen molar-refractivity contribution in [1.82, 2.24) is 0 Å². The Balaban J connectivity index is 2.97. The van der Waals surface area contributed by atoms with Gasteiger partial charge < -0.3 is 5.11 Å². The van der Waals surface area contributed by atoms with E-state index < -0.39 is 9.84 Å². The third-order valence-electron chi connectivity index (χ3n) is 1.78. The Labute approximate surface area is 88.1 Å². The summed E-state index contributed by atoms with van der Waals surface area (Å²) in [5.41, 5.74) is 0. The Morgan fingerprint density at radius 3 is 2.29 bits per heavy atom. The van der Waals surface area contributed by atoms with Crippen LogP contribution in [0.2, 0.25) is 0 Å². The zero-order valence-corrected chi connectivity index (χ0v) is 9.44. The van der Waals surface area contributed by atoms with Gasteiger partial charge in [-0.15, -0.1) is 11.8 Å². The van der Waals surface area contributed by atoms with Crippen LogP contribution in [0.1, 0.15) is 0 Å². The van der Waals surface area contributed by atoms with Crippen molar-refractivity contribution < 1.29 is 13.5 Å². The standard InChI is InChI=1S/C9H12O3S2/c1-13-8-2-4-9(5-3-8)14(11,12)7-6-10/h2-5,10H,6-7H2,1H3. The summed E-state index contributed by atoms with van der Waals surface area (Å²) >= 11 is 1.56. The van der Waals surface area contributed by atoms with Crippen LogP contribution in [-0.4, -0.2) is 32.1 Å². The van der Waals surface area contributed by atoms with Crippen molar-refractivity contribution >= 4 is 21.6 Å². The normalized spacial score (nSPS) is 11.6. The second-order valence-electron chi connectivity index (χ2n) is 2.72. The molecule has 78 valence electrons. The molecular weight excluding hydrogens is 220 g/mol. The first-order chi connectivity index (χ1) is 6.60. The molecule has 0 spiro atoms. The molecule has 0 aliphatic heterocycles. The van der Waals surface area contributed by atoms with Crippen LogP contribution in [0.5, 0.6) is 0 Å². The zero-order chi connectivity index (χ0) is 10.6. The number of aliphatic hydroxyl groups is 1. The number of thioether (sulfide) groups is 1. The van der Waals surface area contributed by atoms with E-state index in [0.29, 0.717) is 0 Å². The van der Waals surface area contributed by atoms with E-state index >= 15 is 0 Å². The summed E-state index contributed by atoms with van der Waals surface area (Å²) in [6, 6.07) is 6.65. The van der Waals surface area contributed by atoms with Crippen LogP contribution in [0.25, 0.3) is 0 Å². The molecule has 0 fully saturated rings. The van der Waals surface area contributed by atoms with Crippen molar-refractivity contribution in [3.63, 3.8) is 0 Å². The van der Waals surface area contributed by atoms with Crippen molar-refractivity contribution in [3.05, 3.63) is 24.3 Å². The first-order valence-electron chi connectivity index (χ1n) is 4.08. The van der Waals surface area contributed by atoms with E-state index in [2.05, 4.69) is 0 Å². The number of hydrogen-bond acceptors (Lipinski definition) is 4. The summed E-state index contributed by atoms with van der Waals surface area (Å²) in [6.07, 6.45) is 1.93. The Morgan fingerprint density at radius 2 is 1.86 bits per heavy atom. The van der Waals surface area contributed by atoms with E-state index in [1.165, 1.54) is 0 Å². The second-order valence-corrected chi connectivity index (χ2v) is 5.71. The van der Waals surface area contributed by atoms with Crippen LogP contribution >= 0.6 is 11.8 Å². The van der Waals surface area contributed by atoms with E-state index in [-0.39, 0.29) is 17.3 Å². The predicted molar refractivity (Wildman–Crippen MR) is 57.4 cm³/mol. The lowest BCUT2D eigenvalue weighted by Crippen LogP contribution is -2.09. The fraction of sp³-hybridized carbons (Fsp3) is 0.333. The minimum atomic E-state index is -3.29. The number of aliphatic hydroxyl groups excluding tert-OH is 1. The van der Waals surface area contributed by atoms with Crippen molar-refractivity contribution in [2.24, 2.45) is 0 Å². The molecule has 1 aromatic rings. The highest BCUT2D eigenvalue weighted by molar-refractivity contribution is 7.98. The second kappa shape index (κ2) is 4.82. The van der Waals surface area contributed by atoms with Gasteiger partial charge in [-0.3, -0.25) is 0 Å². The minimum absolute atomic E-state index is 0.217. The monoisotopic (exact) mass is 232 g/mol. The summed E-state index contributed by atoms with van der Waals surface area (Å²) in [6.45, 7) is -0.341. The van der Waals surface area contributed by atoms with Gasteiger partial charge in [-0.05, 0) is 30.5 Å². The largest absolute Gasteiger partial charge is 0.395 e. The molecule has 1 rings (SSSR count). The Hall–Kier alpha value is -0.520. The molecule has 0 aliphatic carbocycles. The Kier molecular flexibility index (Phi) is 3.97. The van der Waals surface area contributed by atoms with Crippen LogP contribution in [0, 0.1) is 0 Å². The first-order valence-corrected chi connectivity index (χ1v) is 6.95. The fourth-order valence-corrected chi connectivity index (χ4v) is 2.46. The SMILES string of the molecule is CSc1ccc(S(=O)(=O)CCO)cc1. The lowest BCUT2D eigenvalue weighted by molar-refractivity contribution is 0.319. The molecule has 1 N–H and O–H groups in total. The summed E-state index contributed by atoms with van der Waals surface area (Å²) in [4.78, 5) is 1.29. The van der Waals surface area contributed by atoms with Gasteiger partial charge in [0, 0.05) is 4.90 Å². The summed E-state index contributed by atoms with van der Waals surface area (Å²) in [5.74, 6) is -0.217. The van der Waals surface area contributed by atoms with Gasteiger partial charge >= 0.3 is 0 Å². The lowest BCUT2D eigenvalue weighted by atomic mass is 10.4. The summed E-state index contributed by atoms with van der Waals surface area (Å²) < 4.78 is 22.9. The quantitative estimate of drug-likeness (QED) is 0.792. The maximum absolute atomic E-state index is 11.5. The molecule has 3 nitrogen and oxygen atoms in total. The molecule has 0 aromatic heterocycles. The molecule has 0 saturated heterocycles. The van der Waals surface area contributed by atoms with Gasteiger partial charge in [-0.25, -0.2) is 8.42 Å². The molecule has 0 bridgehead atoms. The van der Waals surface area contributed by atoms with Crippen LogP contribution in [0.3, 0.4) is 0 Å². The van der Waals surface area contributed by atoms with Crippen molar-refractivity contribution in [2.45, 2.75) is 9.79 Å². The number of rotatable bonds is 4. The number of benzene rings is 1. The van der Waals surface area contributed by atoms with Gasteiger partial charge in [0.25, 0.3) is 0 Å². The summed E-state index contributed by atoms with van der Waals surface area (Å²) in [5, 5.41) is 8.58. The molecule has 14 heavy (non-hydrogen) atoms. The highest BCUT2D eigenvalue weighted by atomic mass is 32.2. The van der Waals surface area contributed by atoms with Crippen molar-refractivity contribution in [2.75, 3.05) is 18.6 Å². The lowest BCUT2D eigenvalue weighted by Gasteiger charge is -2.02. The van der Waals surface area contributed by atoms with Crippen LogP contribution in [-0.2, 0) is 9.84 Å². The first kappa shape index (κ1) is 11.6. The average molecular weight is 232 g/mol. The molecule has 0 radical (unpaired) electrons. The third-order valence-corrected chi connectivity index (χ3v) is 4.23. The number of hydrogen-bond donors (Lipinski definition) is 1. The average Bonchev–Trinajstić information content (AvgIpc) is 2.18. The minimum Gasteiger partial charge on any atom is -0.395 e. The molecule has 0 atom stereocenters. The maximum Gasteiger partial charge on any atom is 0.180 e. The van der Waals surface area contributed by atoms with E-state index in [1.807, 2.05) is 6.26 Å². The van der Waals surface area contributed by atoms with Crippen molar-refractivity contribution in [1.29, 1.82) is 0 Å². The topological polar surface area (TPSA) is 54.4 Å². The maximum atomic E-state index is 11.5. The molecule has 0 unspecified atom stereocenters. The van der Waals surface area contributed by atoms with E-state index in [9.17, 15) is 8.42 Å². The highest BCUT2D eigenvalue weighted by Crippen LogP contribution is 2.18. The zero-order valence-electron chi connectivity index (χ0n) is 7.80. The van der Waals surface area contributed by atoms with E-state index in [0.717, 1.165) is 4.90 Å². The van der Waals surface area contributed by atoms with Gasteiger partial charge in [0.05, 0.1) is 17.3 Å². The molecule has 0 heterocycles.